The molecule has 0 spiro atoms. The Morgan fingerprint density at radius 2 is 1.46 bits per heavy atom. The Balaban J connectivity index is 0.00000123. The molecule has 0 bridgehead atoms. The largest absolute Gasteiger partial charge is 0.416 e. The van der Waals surface area contributed by atoms with Gasteiger partial charge in [-0.1, -0.05) is 27.7 Å². The number of alkyl halides is 3. The zero-order valence-electron chi connectivity index (χ0n) is 15.1. The summed E-state index contributed by atoms with van der Waals surface area (Å²) in [5.41, 5.74) is 1.91. The van der Waals surface area contributed by atoms with Gasteiger partial charge in [0.15, 0.2) is 0 Å². The van der Waals surface area contributed by atoms with Gasteiger partial charge in [-0.15, -0.1) is 0 Å². The fraction of sp³-hybridized carbons (Fsp3) is 0.421. The van der Waals surface area contributed by atoms with Gasteiger partial charge in [-0.25, -0.2) is 4.39 Å². The summed E-state index contributed by atoms with van der Waals surface area (Å²) in [5, 5.41) is 0. The number of halogens is 4. The van der Waals surface area contributed by atoms with Crippen molar-refractivity contribution in [1.82, 2.24) is 4.98 Å². The third kappa shape index (κ3) is 6.69. The Morgan fingerprint density at radius 3 is 1.96 bits per heavy atom. The Bertz CT molecular complexity index is 634. The predicted molar refractivity (Wildman–Crippen MR) is 90.6 cm³/mol. The molecule has 0 aliphatic rings. The Hall–Kier alpha value is -1.91. The van der Waals surface area contributed by atoms with E-state index in [4.69, 9.17) is 0 Å². The number of rotatable bonds is 2. The zero-order chi connectivity index (χ0) is 18.9. The highest BCUT2D eigenvalue weighted by molar-refractivity contribution is 5.32. The molecule has 0 radical (unpaired) electrons. The van der Waals surface area contributed by atoms with Crippen LogP contribution >= 0.6 is 0 Å². The lowest BCUT2D eigenvalue weighted by molar-refractivity contribution is -0.137. The third-order valence-electron chi connectivity index (χ3n) is 3.10. The van der Waals surface area contributed by atoms with Gasteiger partial charge in [0.2, 0.25) is 0 Å². The average molecular weight is 343 g/mol. The molecule has 2 aromatic rings. The van der Waals surface area contributed by atoms with Crippen molar-refractivity contribution in [1.29, 1.82) is 0 Å². The van der Waals surface area contributed by atoms with E-state index < -0.39 is 17.6 Å². The first-order valence-electron chi connectivity index (χ1n) is 8.04. The number of pyridine rings is 1. The molecule has 1 aromatic carbocycles. The number of hydrogen-bond acceptors (Lipinski definition) is 1. The maximum atomic E-state index is 13.3. The van der Waals surface area contributed by atoms with Crippen LogP contribution in [-0.4, -0.2) is 4.98 Å². The fourth-order valence-corrected chi connectivity index (χ4v) is 1.90. The van der Waals surface area contributed by atoms with Crippen LogP contribution < -0.4 is 0 Å². The molecule has 0 atom stereocenters. The molecule has 0 saturated carbocycles. The van der Waals surface area contributed by atoms with E-state index in [1.54, 1.807) is 12.3 Å². The number of aryl methyl sites for hydroxylation is 2. The van der Waals surface area contributed by atoms with Gasteiger partial charge in [0.05, 0.1) is 5.56 Å². The smallest absolute Gasteiger partial charge is 0.261 e. The molecule has 0 fully saturated rings. The van der Waals surface area contributed by atoms with E-state index in [-0.39, 0.29) is 12.0 Å². The molecule has 2 rings (SSSR count). The maximum Gasteiger partial charge on any atom is 0.416 e. The van der Waals surface area contributed by atoms with E-state index in [2.05, 4.69) is 4.98 Å². The van der Waals surface area contributed by atoms with Crippen molar-refractivity contribution < 1.29 is 17.6 Å². The van der Waals surface area contributed by atoms with Gasteiger partial charge >= 0.3 is 6.18 Å². The van der Waals surface area contributed by atoms with Crippen LogP contribution in [0.5, 0.6) is 0 Å². The Kier molecular flexibility index (Phi) is 9.26. The summed E-state index contributed by atoms with van der Waals surface area (Å²) in [6.07, 6.45) is -2.72. The van der Waals surface area contributed by atoms with Gasteiger partial charge in [0.1, 0.15) is 5.82 Å². The summed E-state index contributed by atoms with van der Waals surface area (Å²) < 4.78 is 51.1. The molecule has 5 heteroatoms. The molecule has 0 saturated heterocycles. The molecule has 1 aromatic heterocycles. The first kappa shape index (κ1) is 22.1. The second-order valence-corrected chi connectivity index (χ2v) is 4.78. The van der Waals surface area contributed by atoms with Gasteiger partial charge in [0.25, 0.3) is 0 Å². The van der Waals surface area contributed by atoms with Crippen molar-refractivity contribution in [3.8, 4) is 0 Å². The lowest BCUT2D eigenvalue weighted by Gasteiger charge is -2.10. The quantitative estimate of drug-likeness (QED) is 0.567. The van der Waals surface area contributed by atoms with E-state index in [0.29, 0.717) is 11.8 Å². The Labute approximate surface area is 141 Å². The van der Waals surface area contributed by atoms with Crippen LogP contribution in [0, 0.1) is 19.7 Å². The fourth-order valence-electron chi connectivity index (χ4n) is 1.90. The molecular weight excluding hydrogens is 318 g/mol. The second-order valence-electron chi connectivity index (χ2n) is 4.78. The maximum absolute atomic E-state index is 13.3. The SMILES string of the molecule is CC.CC.Cc1cnc(Cc2cc(F)cc(C(F)(F)F)c2)cc1C. The first-order chi connectivity index (χ1) is 11.3. The predicted octanol–water partition coefficient (Wildman–Crippen LogP) is 6.50. The number of nitrogens with zero attached hydrogens (tertiary/aromatic N) is 1. The summed E-state index contributed by atoms with van der Waals surface area (Å²) in [6.45, 7) is 11.8. The Morgan fingerprint density at radius 1 is 0.875 bits per heavy atom. The van der Waals surface area contributed by atoms with Crippen molar-refractivity contribution in [2.24, 2.45) is 0 Å². The van der Waals surface area contributed by atoms with E-state index in [9.17, 15) is 17.6 Å². The number of benzene rings is 1. The van der Waals surface area contributed by atoms with Gasteiger partial charge in [0, 0.05) is 18.3 Å². The highest BCUT2D eigenvalue weighted by atomic mass is 19.4. The van der Waals surface area contributed by atoms with Crippen LogP contribution in [0.2, 0.25) is 0 Å². The van der Waals surface area contributed by atoms with E-state index in [1.165, 1.54) is 0 Å². The molecule has 1 heterocycles. The van der Waals surface area contributed by atoms with Crippen molar-refractivity contribution in [2.75, 3.05) is 0 Å². The number of aromatic nitrogens is 1. The molecule has 0 unspecified atom stereocenters. The summed E-state index contributed by atoms with van der Waals surface area (Å²) in [4.78, 5) is 4.15. The van der Waals surface area contributed by atoms with Crippen molar-refractivity contribution in [3.63, 3.8) is 0 Å². The minimum atomic E-state index is -4.55. The lowest BCUT2D eigenvalue weighted by Crippen LogP contribution is -2.07. The highest BCUT2D eigenvalue weighted by Gasteiger charge is 2.31. The van der Waals surface area contributed by atoms with Gasteiger partial charge in [-0.05, 0) is 54.8 Å². The van der Waals surface area contributed by atoms with Crippen molar-refractivity contribution in [3.05, 3.63) is 64.2 Å². The van der Waals surface area contributed by atoms with Crippen molar-refractivity contribution >= 4 is 0 Å². The molecule has 134 valence electrons. The molecule has 24 heavy (non-hydrogen) atoms. The molecule has 0 aliphatic carbocycles. The lowest BCUT2D eigenvalue weighted by atomic mass is 10.0. The van der Waals surface area contributed by atoms with E-state index >= 15 is 0 Å². The van der Waals surface area contributed by atoms with Crippen LogP contribution in [-0.2, 0) is 12.6 Å². The molecule has 0 aliphatic heterocycles. The molecule has 1 nitrogen and oxygen atoms in total. The first-order valence-corrected chi connectivity index (χ1v) is 8.04. The van der Waals surface area contributed by atoms with Crippen molar-refractivity contribution in [2.45, 2.75) is 54.1 Å². The van der Waals surface area contributed by atoms with Crippen LogP contribution in [0.15, 0.2) is 30.5 Å². The summed E-state index contributed by atoms with van der Waals surface area (Å²) in [6, 6.07) is 4.36. The third-order valence-corrected chi connectivity index (χ3v) is 3.10. The second kappa shape index (κ2) is 10.1. The zero-order valence-corrected chi connectivity index (χ0v) is 15.1. The van der Waals surface area contributed by atoms with Gasteiger partial charge in [-0.2, -0.15) is 13.2 Å². The van der Waals surface area contributed by atoms with E-state index in [1.807, 2.05) is 41.5 Å². The molecular formula is C19H25F4N. The number of hydrogen-bond donors (Lipinski definition) is 0. The molecule has 0 amide bonds. The summed E-state index contributed by atoms with van der Waals surface area (Å²) >= 11 is 0. The minimum absolute atomic E-state index is 0.169. The summed E-state index contributed by atoms with van der Waals surface area (Å²) in [7, 11) is 0. The minimum Gasteiger partial charge on any atom is -0.261 e. The van der Waals surface area contributed by atoms with Crippen LogP contribution in [0.3, 0.4) is 0 Å². The summed E-state index contributed by atoms with van der Waals surface area (Å²) in [5.74, 6) is -0.890. The van der Waals surface area contributed by atoms with Gasteiger partial charge < -0.3 is 0 Å². The monoisotopic (exact) mass is 343 g/mol. The highest BCUT2D eigenvalue weighted by Crippen LogP contribution is 2.30. The van der Waals surface area contributed by atoms with Crippen LogP contribution in [0.25, 0.3) is 0 Å². The van der Waals surface area contributed by atoms with Gasteiger partial charge in [-0.3, -0.25) is 4.98 Å². The molecule has 0 N–H and O–H groups in total. The normalized spacial score (nSPS) is 10.2. The van der Waals surface area contributed by atoms with Crippen LogP contribution in [0.4, 0.5) is 17.6 Å². The van der Waals surface area contributed by atoms with Crippen LogP contribution in [0.1, 0.15) is 55.6 Å². The standard InChI is InChI=1S/C15H13F4N.2C2H6/c1-9-3-14(20-8-10(9)2)6-11-4-12(15(17,18)19)7-13(16)5-11;2*1-2/h3-5,7-8H,6H2,1-2H3;2*1-2H3. The average Bonchev–Trinajstić information content (AvgIpc) is 2.53. The topological polar surface area (TPSA) is 12.9 Å². The van der Waals surface area contributed by atoms with E-state index in [0.717, 1.165) is 23.3 Å².